The molecule has 0 spiro atoms. The van der Waals surface area contributed by atoms with Crippen LogP contribution < -0.4 is 5.32 Å². The number of rotatable bonds is 5. The van der Waals surface area contributed by atoms with Gasteiger partial charge in [-0.15, -0.1) is 0 Å². The van der Waals surface area contributed by atoms with Crippen LogP contribution in [0.2, 0.25) is 0 Å². The second-order valence-electron chi connectivity index (χ2n) is 4.65. The Kier molecular flexibility index (Phi) is 4.04. The van der Waals surface area contributed by atoms with Crippen LogP contribution in [0.25, 0.3) is 0 Å². The third-order valence-corrected chi connectivity index (χ3v) is 2.80. The normalized spacial score (nSPS) is 20.1. The standard InChI is InChI=1S/C11H20N2O3/c1-4-5-8(12-3)9(14)10(15)13-6-11(2,16)7-13/h8,12,16H,4-7H2,1-3H3. The second-order valence-corrected chi connectivity index (χ2v) is 4.65. The van der Waals surface area contributed by atoms with Gasteiger partial charge in [-0.1, -0.05) is 13.3 Å². The number of Topliss-reactive ketones (excluding diaryl/α,β-unsaturated/α-hetero) is 1. The van der Waals surface area contributed by atoms with Gasteiger partial charge < -0.3 is 15.3 Å². The van der Waals surface area contributed by atoms with Gasteiger partial charge in [-0.25, -0.2) is 0 Å². The lowest BCUT2D eigenvalue weighted by atomic mass is 9.95. The summed E-state index contributed by atoms with van der Waals surface area (Å²) in [6, 6.07) is -0.400. The van der Waals surface area contributed by atoms with Crippen molar-refractivity contribution in [2.75, 3.05) is 20.1 Å². The molecule has 5 heteroatoms. The molecule has 1 aliphatic heterocycles. The summed E-state index contributed by atoms with van der Waals surface area (Å²) in [4.78, 5) is 24.9. The molecule has 2 N–H and O–H groups in total. The first-order chi connectivity index (χ1) is 7.41. The van der Waals surface area contributed by atoms with Crippen LogP contribution in [0.4, 0.5) is 0 Å². The number of nitrogens with one attached hydrogen (secondary N) is 1. The van der Waals surface area contributed by atoms with Crippen molar-refractivity contribution < 1.29 is 14.7 Å². The van der Waals surface area contributed by atoms with Crippen LogP contribution in [0.3, 0.4) is 0 Å². The van der Waals surface area contributed by atoms with Crippen molar-refractivity contribution in [2.45, 2.75) is 38.3 Å². The zero-order valence-electron chi connectivity index (χ0n) is 10.1. The Labute approximate surface area is 95.8 Å². The first-order valence-corrected chi connectivity index (χ1v) is 5.64. The van der Waals surface area contributed by atoms with Crippen LogP contribution in [-0.4, -0.2) is 53.5 Å². The van der Waals surface area contributed by atoms with Gasteiger partial charge in [0.1, 0.15) is 0 Å². The Hall–Kier alpha value is -0.940. The Morgan fingerprint density at radius 3 is 2.44 bits per heavy atom. The summed E-state index contributed by atoms with van der Waals surface area (Å²) in [5, 5.41) is 12.3. The van der Waals surface area contributed by atoms with E-state index in [1.165, 1.54) is 4.90 Å². The van der Waals surface area contributed by atoms with E-state index in [9.17, 15) is 14.7 Å². The van der Waals surface area contributed by atoms with Crippen molar-refractivity contribution >= 4 is 11.7 Å². The number of aliphatic hydroxyl groups is 1. The third kappa shape index (κ3) is 2.80. The maximum Gasteiger partial charge on any atom is 0.291 e. The van der Waals surface area contributed by atoms with Crippen LogP contribution >= 0.6 is 0 Å². The van der Waals surface area contributed by atoms with Gasteiger partial charge in [0, 0.05) is 0 Å². The SMILES string of the molecule is CCCC(NC)C(=O)C(=O)N1CC(C)(O)C1. The Morgan fingerprint density at radius 2 is 2.06 bits per heavy atom. The number of ketones is 1. The summed E-state index contributed by atoms with van der Waals surface area (Å²) in [5.41, 5.74) is -0.824. The first kappa shape index (κ1) is 13.1. The van der Waals surface area contributed by atoms with E-state index in [1.807, 2.05) is 6.92 Å². The van der Waals surface area contributed by atoms with E-state index in [4.69, 9.17) is 0 Å². The van der Waals surface area contributed by atoms with Gasteiger partial charge in [0.15, 0.2) is 0 Å². The lowest BCUT2D eigenvalue weighted by Gasteiger charge is -2.44. The highest BCUT2D eigenvalue weighted by atomic mass is 16.3. The van der Waals surface area contributed by atoms with E-state index < -0.39 is 23.3 Å². The molecule has 1 unspecified atom stereocenters. The summed E-state index contributed by atoms with van der Waals surface area (Å²) in [5.74, 6) is -0.890. The smallest absolute Gasteiger partial charge is 0.291 e. The Morgan fingerprint density at radius 1 is 1.50 bits per heavy atom. The average Bonchev–Trinajstić information content (AvgIpc) is 2.20. The number of carbonyl (C=O) groups excluding carboxylic acids is 2. The molecule has 1 aliphatic rings. The van der Waals surface area contributed by atoms with Gasteiger partial charge >= 0.3 is 0 Å². The highest BCUT2D eigenvalue weighted by Gasteiger charge is 2.42. The zero-order chi connectivity index (χ0) is 12.3. The Balaban J connectivity index is 2.51. The minimum absolute atomic E-state index is 0.250. The highest BCUT2D eigenvalue weighted by Crippen LogP contribution is 2.20. The van der Waals surface area contributed by atoms with Crippen molar-refractivity contribution in [1.29, 1.82) is 0 Å². The predicted molar refractivity (Wildman–Crippen MR) is 60.0 cm³/mol. The summed E-state index contributed by atoms with van der Waals surface area (Å²) in [6.07, 6.45) is 1.51. The maximum atomic E-state index is 11.8. The van der Waals surface area contributed by atoms with Gasteiger partial charge in [0.25, 0.3) is 5.91 Å². The predicted octanol–water partition coefficient (Wildman–Crippen LogP) is -0.463. The van der Waals surface area contributed by atoms with E-state index >= 15 is 0 Å². The monoisotopic (exact) mass is 228 g/mol. The van der Waals surface area contributed by atoms with Gasteiger partial charge in [-0.05, 0) is 20.4 Å². The summed E-state index contributed by atoms with van der Waals surface area (Å²) in [7, 11) is 1.68. The molecule has 1 saturated heterocycles. The van der Waals surface area contributed by atoms with Gasteiger partial charge in [-0.3, -0.25) is 9.59 Å². The van der Waals surface area contributed by atoms with Crippen molar-refractivity contribution in [3.05, 3.63) is 0 Å². The van der Waals surface area contributed by atoms with Gasteiger partial charge in [0.05, 0.1) is 24.7 Å². The molecule has 0 aromatic carbocycles. The minimum atomic E-state index is -0.824. The number of likely N-dealkylation sites (N-methyl/N-ethyl adjacent to an activating group) is 1. The van der Waals surface area contributed by atoms with E-state index in [0.717, 1.165) is 6.42 Å². The summed E-state index contributed by atoms with van der Waals surface area (Å²) < 4.78 is 0. The van der Waals surface area contributed by atoms with Crippen LogP contribution in [0, 0.1) is 0 Å². The number of nitrogens with zero attached hydrogens (tertiary/aromatic N) is 1. The molecule has 1 heterocycles. The molecule has 1 amide bonds. The topological polar surface area (TPSA) is 69.6 Å². The Bertz CT molecular complexity index is 281. The van der Waals surface area contributed by atoms with Crippen LogP contribution in [-0.2, 0) is 9.59 Å². The van der Waals surface area contributed by atoms with E-state index in [2.05, 4.69) is 5.32 Å². The van der Waals surface area contributed by atoms with E-state index in [-0.39, 0.29) is 13.1 Å². The largest absolute Gasteiger partial charge is 0.386 e. The number of hydrogen-bond acceptors (Lipinski definition) is 4. The fraction of sp³-hybridized carbons (Fsp3) is 0.818. The molecule has 0 saturated carbocycles. The number of hydrogen-bond donors (Lipinski definition) is 2. The number of amides is 1. The summed E-state index contributed by atoms with van der Waals surface area (Å²) in [6.45, 7) is 4.12. The number of β-amino-alcohol motifs (C(OH)–C–C–N with tert-alkyl or cyclic N) is 1. The molecule has 16 heavy (non-hydrogen) atoms. The molecule has 92 valence electrons. The van der Waals surface area contributed by atoms with Crippen LogP contribution in [0.15, 0.2) is 0 Å². The van der Waals surface area contributed by atoms with E-state index in [1.54, 1.807) is 14.0 Å². The fourth-order valence-corrected chi connectivity index (χ4v) is 1.92. The molecular formula is C11H20N2O3. The van der Waals surface area contributed by atoms with Crippen molar-refractivity contribution in [3.8, 4) is 0 Å². The van der Waals surface area contributed by atoms with Crippen molar-refractivity contribution in [2.24, 2.45) is 0 Å². The van der Waals surface area contributed by atoms with Crippen LogP contribution in [0.1, 0.15) is 26.7 Å². The molecule has 0 bridgehead atoms. The quantitative estimate of drug-likeness (QED) is 0.625. The van der Waals surface area contributed by atoms with Crippen LogP contribution in [0.5, 0.6) is 0 Å². The molecule has 1 rings (SSSR count). The second kappa shape index (κ2) is 4.93. The molecule has 1 fully saturated rings. The van der Waals surface area contributed by atoms with Crippen molar-refractivity contribution in [3.63, 3.8) is 0 Å². The fourth-order valence-electron chi connectivity index (χ4n) is 1.92. The zero-order valence-corrected chi connectivity index (χ0v) is 10.1. The molecule has 0 radical (unpaired) electrons. The average molecular weight is 228 g/mol. The highest BCUT2D eigenvalue weighted by molar-refractivity contribution is 6.38. The van der Waals surface area contributed by atoms with E-state index in [0.29, 0.717) is 6.42 Å². The lowest BCUT2D eigenvalue weighted by molar-refractivity contribution is -0.160. The molecule has 0 aliphatic carbocycles. The molecule has 5 nitrogen and oxygen atoms in total. The van der Waals surface area contributed by atoms with Gasteiger partial charge in [0.2, 0.25) is 5.78 Å². The lowest BCUT2D eigenvalue weighted by Crippen LogP contribution is -2.64. The summed E-state index contributed by atoms with van der Waals surface area (Å²) >= 11 is 0. The molecule has 1 atom stereocenters. The number of likely N-dealkylation sites (tertiary alicyclic amines) is 1. The minimum Gasteiger partial charge on any atom is -0.386 e. The third-order valence-electron chi connectivity index (χ3n) is 2.80. The molecule has 0 aromatic rings. The molecular weight excluding hydrogens is 208 g/mol. The number of carbonyl (C=O) groups is 2. The maximum absolute atomic E-state index is 11.8. The van der Waals surface area contributed by atoms with Crippen molar-refractivity contribution in [1.82, 2.24) is 10.2 Å². The molecule has 0 aromatic heterocycles. The van der Waals surface area contributed by atoms with Gasteiger partial charge in [-0.2, -0.15) is 0 Å². The first-order valence-electron chi connectivity index (χ1n) is 5.64.